The first-order chi connectivity index (χ1) is 11.6. The van der Waals surface area contributed by atoms with Gasteiger partial charge < -0.3 is 0 Å². The molecule has 2 aromatic carbocycles. The highest BCUT2D eigenvalue weighted by molar-refractivity contribution is 7.89. The highest BCUT2D eigenvalue weighted by atomic mass is 32.2. The Hall–Kier alpha value is -2.58. The first kappa shape index (κ1) is 16.3. The van der Waals surface area contributed by atoms with Gasteiger partial charge in [0.2, 0.25) is 10.0 Å². The summed E-state index contributed by atoms with van der Waals surface area (Å²) >= 11 is 0. The number of hydrogen-bond donors (Lipinski definition) is 2. The van der Waals surface area contributed by atoms with Crippen molar-refractivity contribution in [2.75, 3.05) is 6.54 Å². The highest BCUT2D eigenvalue weighted by Gasteiger charge is 2.18. The lowest BCUT2D eigenvalue weighted by atomic mass is 10.2. The Labute approximate surface area is 138 Å². The molecule has 3 rings (SSSR count). The van der Waals surface area contributed by atoms with Crippen molar-refractivity contribution in [3.63, 3.8) is 0 Å². The predicted octanol–water partition coefficient (Wildman–Crippen LogP) is 2.13. The van der Waals surface area contributed by atoms with Crippen LogP contribution >= 0.6 is 0 Å². The maximum Gasteiger partial charge on any atom is 0.243 e. The van der Waals surface area contributed by atoms with Crippen molar-refractivity contribution in [3.8, 4) is 11.4 Å². The fraction of sp³-hybridized carbons (Fsp3) is 0.125. The number of H-pyrrole nitrogens is 1. The average molecular weight is 346 g/mol. The summed E-state index contributed by atoms with van der Waals surface area (Å²) in [4.78, 5) is 3.95. The lowest BCUT2D eigenvalue weighted by Crippen LogP contribution is -2.27. The third-order valence-corrected chi connectivity index (χ3v) is 4.84. The standard InChI is InChI=1S/C16H15FN4O2S/c17-13-8-4-5-9-14(13)24(22,23)18-11-10-15-19-16(21-20-15)12-6-2-1-3-7-12/h1-9,18H,10-11H2,(H,19,20,21). The van der Waals surface area contributed by atoms with Crippen LogP contribution in [0.2, 0.25) is 0 Å². The largest absolute Gasteiger partial charge is 0.263 e. The predicted molar refractivity (Wildman–Crippen MR) is 87.1 cm³/mol. The number of rotatable bonds is 6. The molecule has 0 aliphatic heterocycles. The van der Waals surface area contributed by atoms with E-state index in [0.29, 0.717) is 18.1 Å². The first-order valence-corrected chi connectivity index (χ1v) is 8.75. The van der Waals surface area contributed by atoms with Gasteiger partial charge >= 0.3 is 0 Å². The Kier molecular flexibility index (Phi) is 4.68. The van der Waals surface area contributed by atoms with Crippen molar-refractivity contribution in [1.29, 1.82) is 0 Å². The van der Waals surface area contributed by atoms with E-state index >= 15 is 0 Å². The van der Waals surface area contributed by atoms with Crippen LogP contribution in [0.4, 0.5) is 4.39 Å². The van der Waals surface area contributed by atoms with Crippen LogP contribution < -0.4 is 4.72 Å². The third-order valence-electron chi connectivity index (χ3n) is 3.34. The Morgan fingerprint density at radius 2 is 1.75 bits per heavy atom. The van der Waals surface area contributed by atoms with Crippen LogP contribution in [0.5, 0.6) is 0 Å². The van der Waals surface area contributed by atoms with E-state index in [1.54, 1.807) is 0 Å². The third kappa shape index (κ3) is 3.66. The van der Waals surface area contributed by atoms with Gasteiger partial charge in [0.1, 0.15) is 16.5 Å². The molecular formula is C16H15FN4O2S. The fourth-order valence-corrected chi connectivity index (χ4v) is 3.28. The molecule has 0 bridgehead atoms. The lowest BCUT2D eigenvalue weighted by molar-refractivity contribution is 0.556. The van der Waals surface area contributed by atoms with Crippen LogP contribution in [-0.4, -0.2) is 30.1 Å². The van der Waals surface area contributed by atoms with Crippen LogP contribution in [0.1, 0.15) is 5.82 Å². The molecule has 0 amide bonds. The zero-order valence-corrected chi connectivity index (χ0v) is 13.4. The summed E-state index contributed by atoms with van der Waals surface area (Å²) in [5.41, 5.74) is 0.868. The molecular weight excluding hydrogens is 331 g/mol. The van der Waals surface area contributed by atoms with Crippen molar-refractivity contribution >= 4 is 10.0 Å². The van der Waals surface area contributed by atoms with E-state index in [1.165, 1.54) is 18.2 Å². The number of hydrogen-bond acceptors (Lipinski definition) is 4. The molecule has 0 radical (unpaired) electrons. The van der Waals surface area contributed by atoms with Crippen LogP contribution in [0.25, 0.3) is 11.4 Å². The molecule has 0 aliphatic rings. The SMILES string of the molecule is O=S(=O)(NCCc1nc(-c2ccccc2)n[nH]1)c1ccccc1F. The van der Waals surface area contributed by atoms with Gasteiger partial charge in [-0.15, -0.1) is 0 Å². The first-order valence-electron chi connectivity index (χ1n) is 7.27. The Morgan fingerprint density at radius 1 is 1.04 bits per heavy atom. The maximum atomic E-state index is 13.6. The monoisotopic (exact) mass is 346 g/mol. The van der Waals surface area contributed by atoms with Crippen molar-refractivity contribution < 1.29 is 12.8 Å². The van der Waals surface area contributed by atoms with Crippen LogP contribution in [0, 0.1) is 5.82 Å². The van der Waals surface area contributed by atoms with Crippen molar-refractivity contribution in [1.82, 2.24) is 19.9 Å². The second kappa shape index (κ2) is 6.90. The van der Waals surface area contributed by atoms with Gasteiger partial charge in [-0.1, -0.05) is 42.5 Å². The van der Waals surface area contributed by atoms with E-state index in [0.717, 1.165) is 11.6 Å². The fourth-order valence-electron chi connectivity index (χ4n) is 2.17. The van der Waals surface area contributed by atoms with Gasteiger partial charge in [-0.2, -0.15) is 5.10 Å². The topological polar surface area (TPSA) is 87.7 Å². The molecule has 6 nitrogen and oxygen atoms in total. The molecule has 124 valence electrons. The van der Waals surface area contributed by atoms with Crippen molar-refractivity contribution in [2.24, 2.45) is 0 Å². The van der Waals surface area contributed by atoms with Gasteiger partial charge in [-0.05, 0) is 12.1 Å². The number of sulfonamides is 1. The molecule has 1 heterocycles. The minimum absolute atomic E-state index is 0.0834. The minimum Gasteiger partial charge on any atom is -0.263 e. The van der Waals surface area contributed by atoms with E-state index in [1.807, 2.05) is 30.3 Å². The van der Waals surface area contributed by atoms with Crippen LogP contribution in [-0.2, 0) is 16.4 Å². The van der Waals surface area contributed by atoms with E-state index in [-0.39, 0.29) is 11.4 Å². The zero-order chi connectivity index (χ0) is 17.0. The lowest BCUT2D eigenvalue weighted by Gasteiger charge is -2.06. The van der Waals surface area contributed by atoms with Gasteiger partial charge in [0, 0.05) is 18.5 Å². The van der Waals surface area contributed by atoms with Gasteiger partial charge in [-0.25, -0.2) is 22.5 Å². The van der Waals surface area contributed by atoms with Crippen molar-refractivity contribution in [3.05, 3.63) is 66.2 Å². The molecule has 24 heavy (non-hydrogen) atoms. The molecule has 3 aromatic rings. The molecule has 8 heteroatoms. The number of nitrogens with one attached hydrogen (secondary N) is 2. The Morgan fingerprint density at radius 3 is 2.50 bits per heavy atom. The maximum absolute atomic E-state index is 13.6. The number of benzene rings is 2. The van der Waals surface area contributed by atoms with E-state index < -0.39 is 15.8 Å². The van der Waals surface area contributed by atoms with Crippen LogP contribution in [0.3, 0.4) is 0 Å². The van der Waals surface area contributed by atoms with Crippen molar-refractivity contribution in [2.45, 2.75) is 11.3 Å². The van der Waals surface area contributed by atoms with Gasteiger partial charge in [0.15, 0.2) is 5.82 Å². The normalized spacial score (nSPS) is 11.5. The smallest absolute Gasteiger partial charge is 0.243 e. The summed E-state index contributed by atoms with van der Waals surface area (Å²) in [6.45, 7) is 0.0834. The molecule has 0 saturated carbocycles. The zero-order valence-electron chi connectivity index (χ0n) is 12.6. The van der Waals surface area contributed by atoms with Crippen LogP contribution in [0.15, 0.2) is 59.5 Å². The molecule has 0 unspecified atom stereocenters. The molecule has 0 aliphatic carbocycles. The summed E-state index contributed by atoms with van der Waals surface area (Å²) in [5, 5.41) is 6.87. The minimum atomic E-state index is -3.89. The number of aromatic nitrogens is 3. The number of halogens is 1. The average Bonchev–Trinajstić information content (AvgIpc) is 3.05. The molecule has 2 N–H and O–H groups in total. The summed E-state index contributed by atoms with van der Waals surface area (Å²) in [6.07, 6.45) is 0.313. The molecule has 0 saturated heterocycles. The second-order valence-corrected chi connectivity index (χ2v) is 6.79. The molecule has 0 spiro atoms. The summed E-state index contributed by atoms with van der Waals surface area (Å²) in [6, 6.07) is 14.7. The molecule has 0 atom stereocenters. The van der Waals surface area contributed by atoms with E-state index in [2.05, 4.69) is 19.9 Å². The van der Waals surface area contributed by atoms with E-state index in [9.17, 15) is 12.8 Å². The molecule has 0 fully saturated rings. The highest BCUT2D eigenvalue weighted by Crippen LogP contribution is 2.14. The van der Waals surface area contributed by atoms with Gasteiger partial charge in [0.05, 0.1) is 0 Å². The quantitative estimate of drug-likeness (QED) is 0.716. The second-order valence-electron chi connectivity index (χ2n) is 5.05. The number of nitrogens with zero attached hydrogens (tertiary/aromatic N) is 2. The number of aromatic amines is 1. The van der Waals surface area contributed by atoms with E-state index in [4.69, 9.17) is 0 Å². The summed E-state index contributed by atoms with van der Waals surface area (Å²) in [5.74, 6) is 0.309. The van der Waals surface area contributed by atoms with Gasteiger partial charge in [0.25, 0.3) is 0 Å². The molecule has 1 aromatic heterocycles. The Bertz CT molecular complexity index is 926. The Balaban J connectivity index is 1.63. The van der Waals surface area contributed by atoms with Gasteiger partial charge in [-0.3, -0.25) is 5.10 Å². The summed E-state index contributed by atoms with van der Waals surface area (Å²) < 4.78 is 40.1. The summed E-state index contributed by atoms with van der Waals surface area (Å²) in [7, 11) is -3.89.